The molecule has 2 aromatic heterocycles. The molecule has 0 radical (unpaired) electrons. The molecule has 0 spiro atoms. The zero-order valence-electron chi connectivity index (χ0n) is 20.2. The highest BCUT2D eigenvalue weighted by Crippen LogP contribution is 2.31. The van der Waals surface area contributed by atoms with E-state index in [1.165, 1.54) is 18.4 Å². The number of aryl methyl sites for hydroxylation is 1. The summed E-state index contributed by atoms with van der Waals surface area (Å²) in [5, 5.41) is 0. The molecule has 3 heterocycles. The van der Waals surface area contributed by atoms with Crippen LogP contribution in [-0.4, -0.2) is 41.5 Å². The fourth-order valence-electron chi connectivity index (χ4n) is 4.37. The zero-order chi connectivity index (χ0) is 26.0. The van der Waals surface area contributed by atoms with Crippen LogP contribution in [0.1, 0.15) is 35.8 Å². The van der Waals surface area contributed by atoms with E-state index in [1.54, 1.807) is 17.0 Å². The van der Waals surface area contributed by atoms with Crippen LogP contribution in [0.5, 0.6) is 0 Å². The molecule has 1 amide bonds. The molecule has 1 saturated heterocycles. The molecule has 2 aromatic carbocycles. The highest BCUT2D eigenvalue weighted by Gasteiger charge is 2.30. The van der Waals surface area contributed by atoms with Crippen LogP contribution >= 0.6 is 0 Å². The molecule has 8 nitrogen and oxygen atoms in total. The van der Waals surface area contributed by atoms with Crippen molar-refractivity contribution in [1.82, 2.24) is 13.9 Å². The third kappa shape index (κ3) is 5.29. The van der Waals surface area contributed by atoms with Gasteiger partial charge < -0.3 is 14.1 Å². The van der Waals surface area contributed by atoms with E-state index in [9.17, 15) is 17.6 Å². The van der Waals surface area contributed by atoms with E-state index in [0.717, 1.165) is 40.2 Å². The van der Waals surface area contributed by atoms with Gasteiger partial charge >= 0.3 is 6.09 Å². The molecule has 0 aliphatic carbocycles. The second-order valence-electron chi connectivity index (χ2n) is 9.05. The van der Waals surface area contributed by atoms with Crippen LogP contribution < -0.4 is 0 Å². The largest absolute Gasteiger partial charge is 0.448 e. The summed E-state index contributed by atoms with van der Waals surface area (Å²) in [7, 11) is -4.05. The second kappa shape index (κ2) is 10.2. The van der Waals surface area contributed by atoms with Crippen molar-refractivity contribution in [2.75, 3.05) is 13.1 Å². The Morgan fingerprint density at radius 3 is 2.68 bits per heavy atom. The third-order valence-electron chi connectivity index (χ3n) is 6.35. The molecular formula is C27H26FN3O5S. The number of halogens is 1. The van der Waals surface area contributed by atoms with Gasteiger partial charge in [-0.15, -0.1) is 0 Å². The molecular weight excluding hydrogens is 497 g/mol. The van der Waals surface area contributed by atoms with Crippen molar-refractivity contribution in [3.8, 4) is 11.4 Å². The predicted molar refractivity (Wildman–Crippen MR) is 134 cm³/mol. The maximum absolute atomic E-state index is 14.3. The predicted octanol–water partition coefficient (Wildman–Crippen LogP) is 5.34. The number of ether oxygens (including phenoxy) is 1. The quantitative estimate of drug-likeness (QED) is 0.338. The Kier molecular flexibility index (Phi) is 6.84. The number of aromatic nitrogens is 2. The van der Waals surface area contributed by atoms with Gasteiger partial charge in [-0.25, -0.2) is 26.6 Å². The summed E-state index contributed by atoms with van der Waals surface area (Å²) in [6, 6.07) is 16.9. The van der Waals surface area contributed by atoms with E-state index in [2.05, 4.69) is 4.98 Å². The van der Waals surface area contributed by atoms with Crippen LogP contribution in [0.4, 0.5) is 9.18 Å². The van der Waals surface area contributed by atoms with Gasteiger partial charge in [0.05, 0.1) is 22.7 Å². The summed E-state index contributed by atoms with van der Waals surface area (Å²) in [5.41, 5.74) is 2.06. The first-order chi connectivity index (χ1) is 17.8. The van der Waals surface area contributed by atoms with Crippen molar-refractivity contribution in [2.45, 2.75) is 37.2 Å². The highest BCUT2D eigenvalue weighted by molar-refractivity contribution is 7.90. The maximum Gasteiger partial charge on any atom is 0.410 e. The summed E-state index contributed by atoms with van der Waals surface area (Å²) < 4.78 is 52.8. The first-order valence-electron chi connectivity index (χ1n) is 11.9. The van der Waals surface area contributed by atoms with Gasteiger partial charge in [-0.1, -0.05) is 48.0 Å². The van der Waals surface area contributed by atoms with Gasteiger partial charge in [0.15, 0.2) is 5.89 Å². The number of rotatable bonds is 6. The summed E-state index contributed by atoms with van der Waals surface area (Å²) in [4.78, 5) is 18.8. The number of nitrogens with zero attached hydrogens (tertiary/aromatic N) is 3. The van der Waals surface area contributed by atoms with Crippen molar-refractivity contribution >= 4 is 16.1 Å². The van der Waals surface area contributed by atoms with Gasteiger partial charge in [-0.3, -0.25) is 0 Å². The number of piperidine rings is 1. The van der Waals surface area contributed by atoms with Crippen LogP contribution in [0, 0.1) is 12.7 Å². The molecule has 1 aliphatic rings. The van der Waals surface area contributed by atoms with Gasteiger partial charge in [-0.05, 0) is 37.5 Å². The number of carbonyl (C=O) groups is 1. The Bertz CT molecular complexity index is 1500. The number of carbonyl (C=O) groups excluding carboxylic acids is 1. The average Bonchev–Trinajstić information content (AvgIpc) is 3.56. The molecule has 0 N–H and O–H groups in total. The number of hydrogen-bond acceptors (Lipinski definition) is 6. The topological polar surface area (TPSA) is 94.6 Å². The summed E-state index contributed by atoms with van der Waals surface area (Å²) in [5.74, 6) is -0.551. The minimum Gasteiger partial charge on any atom is -0.448 e. The van der Waals surface area contributed by atoms with Crippen molar-refractivity contribution < 1.29 is 26.8 Å². The third-order valence-corrected chi connectivity index (χ3v) is 8.04. The van der Waals surface area contributed by atoms with E-state index < -0.39 is 21.9 Å². The first-order valence-corrected chi connectivity index (χ1v) is 13.4. The first kappa shape index (κ1) is 24.8. The molecule has 1 aliphatic heterocycles. The van der Waals surface area contributed by atoms with Crippen LogP contribution in [0.3, 0.4) is 0 Å². The van der Waals surface area contributed by atoms with Crippen LogP contribution in [0.15, 0.2) is 82.4 Å². The Labute approximate surface area is 214 Å². The number of benzene rings is 2. The molecule has 5 rings (SSSR count). The van der Waals surface area contributed by atoms with E-state index >= 15 is 0 Å². The SMILES string of the molecule is Cc1ccc(S(=O)(=O)n2cc(F)cc2-c2coc(C3CCCN(C(=O)OCc4ccccc4)C3)n2)cc1. The maximum atomic E-state index is 14.3. The number of oxazole rings is 1. The lowest BCUT2D eigenvalue weighted by molar-refractivity contribution is 0.0839. The van der Waals surface area contributed by atoms with Crippen molar-refractivity contribution in [1.29, 1.82) is 0 Å². The van der Waals surface area contributed by atoms with E-state index in [1.807, 2.05) is 37.3 Å². The summed E-state index contributed by atoms with van der Waals surface area (Å²) in [6.07, 6.45) is 3.29. The van der Waals surface area contributed by atoms with Gasteiger partial charge in [0, 0.05) is 19.2 Å². The fraction of sp³-hybridized carbons (Fsp3) is 0.259. The average molecular weight is 524 g/mol. The lowest BCUT2D eigenvalue weighted by Crippen LogP contribution is -2.39. The van der Waals surface area contributed by atoms with E-state index in [0.29, 0.717) is 19.0 Å². The summed E-state index contributed by atoms with van der Waals surface area (Å²) in [6.45, 7) is 2.94. The van der Waals surface area contributed by atoms with Crippen molar-refractivity contribution in [2.24, 2.45) is 0 Å². The Morgan fingerprint density at radius 1 is 1.16 bits per heavy atom. The minimum atomic E-state index is -4.05. The smallest absolute Gasteiger partial charge is 0.410 e. The molecule has 0 bridgehead atoms. The molecule has 1 fully saturated rings. The van der Waals surface area contributed by atoms with Gasteiger partial charge in [-0.2, -0.15) is 0 Å². The van der Waals surface area contributed by atoms with Crippen LogP contribution in [0.25, 0.3) is 11.4 Å². The molecule has 4 aromatic rings. The molecule has 192 valence electrons. The monoisotopic (exact) mass is 523 g/mol. The minimum absolute atomic E-state index is 0.0376. The number of amides is 1. The highest BCUT2D eigenvalue weighted by atomic mass is 32.2. The normalized spacial score (nSPS) is 16.1. The Morgan fingerprint density at radius 2 is 1.92 bits per heavy atom. The molecule has 10 heteroatoms. The van der Waals surface area contributed by atoms with E-state index in [4.69, 9.17) is 9.15 Å². The molecule has 1 atom stereocenters. The second-order valence-corrected chi connectivity index (χ2v) is 10.9. The molecule has 1 unspecified atom stereocenters. The zero-order valence-corrected chi connectivity index (χ0v) is 21.0. The van der Waals surface area contributed by atoms with Gasteiger partial charge in [0.25, 0.3) is 10.0 Å². The Balaban J connectivity index is 1.33. The van der Waals surface area contributed by atoms with Crippen molar-refractivity contribution in [3.63, 3.8) is 0 Å². The van der Waals surface area contributed by atoms with E-state index in [-0.39, 0.29) is 28.8 Å². The lowest BCUT2D eigenvalue weighted by Gasteiger charge is -2.30. The van der Waals surface area contributed by atoms with Gasteiger partial charge in [0.1, 0.15) is 24.4 Å². The van der Waals surface area contributed by atoms with Crippen molar-refractivity contribution in [3.05, 3.63) is 96.0 Å². The standard InChI is InChI=1S/C27H26FN3O5S/c1-19-9-11-23(12-10-19)37(33,34)31-16-22(28)14-25(31)24-18-35-26(29-24)21-8-5-13-30(15-21)27(32)36-17-20-6-3-2-4-7-20/h2-4,6-7,9-12,14,16,18,21H,5,8,13,15,17H2,1H3. The summed E-state index contributed by atoms with van der Waals surface area (Å²) >= 11 is 0. The lowest BCUT2D eigenvalue weighted by atomic mass is 9.98. The number of hydrogen-bond donors (Lipinski definition) is 0. The number of likely N-dealkylation sites (tertiary alicyclic amines) is 1. The fourth-order valence-corrected chi connectivity index (χ4v) is 5.72. The molecule has 37 heavy (non-hydrogen) atoms. The van der Waals surface area contributed by atoms with Gasteiger partial charge in [0.2, 0.25) is 0 Å². The van der Waals surface area contributed by atoms with Crippen LogP contribution in [-0.2, 0) is 21.4 Å². The Hall–Kier alpha value is -3.92. The van der Waals surface area contributed by atoms with Crippen LogP contribution in [0.2, 0.25) is 0 Å². The molecule has 0 saturated carbocycles.